The summed E-state index contributed by atoms with van der Waals surface area (Å²) in [6.45, 7) is 3.94. The fourth-order valence-electron chi connectivity index (χ4n) is 3.10. The molecule has 0 saturated heterocycles. The molecule has 3 N–H and O–H groups in total. The highest BCUT2D eigenvalue weighted by Gasteiger charge is 2.25. The van der Waals surface area contributed by atoms with Crippen LogP contribution in [0.1, 0.15) is 46.4 Å². The van der Waals surface area contributed by atoms with Crippen molar-refractivity contribution in [2.24, 2.45) is 13.0 Å². The monoisotopic (exact) mass is 501 g/mol. The number of thioether (sulfide) groups is 1. The second kappa shape index (κ2) is 11.2. The van der Waals surface area contributed by atoms with E-state index < -0.39 is 12.0 Å². The average Bonchev–Trinajstić information content (AvgIpc) is 3.16. The van der Waals surface area contributed by atoms with E-state index in [2.05, 4.69) is 20.8 Å². The molecule has 2 aromatic carbocycles. The summed E-state index contributed by atoms with van der Waals surface area (Å²) < 4.78 is 1.76. The lowest BCUT2D eigenvalue weighted by atomic mass is 10.0. The van der Waals surface area contributed by atoms with E-state index in [4.69, 9.17) is 16.7 Å². The number of rotatable bonds is 9. The molecule has 3 aromatic rings. The Kier molecular flexibility index (Phi) is 8.30. The molecule has 3 rings (SSSR count). The van der Waals surface area contributed by atoms with Crippen molar-refractivity contribution < 1.29 is 19.5 Å². The number of halogens is 1. The summed E-state index contributed by atoms with van der Waals surface area (Å²) in [5, 5.41) is 24.2. The fraction of sp³-hybridized carbons (Fsp3) is 0.261. The Morgan fingerprint density at radius 2 is 1.65 bits per heavy atom. The lowest BCUT2D eigenvalue weighted by Gasteiger charge is -2.21. The number of nitrogens with zero attached hydrogens (tertiary/aromatic N) is 3. The molecular formula is C23H24ClN5O4S. The minimum Gasteiger partial charge on any atom is -0.478 e. The summed E-state index contributed by atoms with van der Waals surface area (Å²) in [5.74, 6) is -0.861. The Morgan fingerprint density at radius 3 is 2.24 bits per heavy atom. The highest BCUT2D eigenvalue weighted by molar-refractivity contribution is 7.99. The lowest BCUT2D eigenvalue weighted by Crippen LogP contribution is -2.33. The molecule has 0 unspecified atom stereocenters. The van der Waals surface area contributed by atoms with E-state index in [9.17, 15) is 14.4 Å². The highest BCUT2D eigenvalue weighted by atomic mass is 35.5. The number of aromatic carboxylic acids is 1. The van der Waals surface area contributed by atoms with Gasteiger partial charge in [-0.2, -0.15) is 0 Å². The van der Waals surface area contributed by atoms with Gasteiger partial charge in [0, 0.05) is 23.3 Å². The van der Waals surface area contributed by atoms with Crippen molar-refractivity contribution in [1.29, 1.82) is 0 Å². The van der Waals surface area contributed by atoms with Crippen molar-refractivity contribution >= 4 is 46.8 Å². The van der Waals surface area contributed by atoms with Gasteiger partial charge >= 0.3 is 5.97 Å². The number of aromatic nitrogens is 3. The first-order chi connectivity index (χ1) is 16.2. The van der Waals surface area contributed by atoms with Gasteiger partial charge < -0.3 is 20.3 Å². The van der Waals surface area contributed by atoms with Gasteiger partial charge in [-0.1, -0.05) is 37.2 Å². The molecule has 0 spiro atoms. The first-order valence-corrected chi connectivity index (χ1v) is 11.7. The smallest absolute Gasteiger partial charge is 0.335 e. The van der Waals surface area contributed by atoms with Crippen LogP contribution in [-0.2, 0) is 11.8 Å². The summed E-state index contributed by atoms with van der Waals surface area (Å²) in [5.41, 5.74) is 1.13. The van der Waals surface area contributed by atoms with E-state index in [1.807, 2.05) is 13.8 Å². The van der Waals surface area contributed by atoms with Crippen LogP contribution in [0.3, 0.4) is 0 Å². The van der Waals surface area contributed by atoms with Crippen LogP contribution in [0, 0.1) is 5.92 Å². The number of nitrogens with one attached hydrogen (secondary N) is 2. The number of benzene rings is 2. The third-order valence-electron chi connectivity index (χ3n) is 4.95. The van der Waals surface area contributed by atoms with E-state index in [1.54, 1.807) is 35.9 Å². The van der Waals surface area contributed by atoms with Crippen molar-refractivity contribution in [1.82, 2.24) is 20.1 Å². The lowest BCUT2D eigenvalue weighted by molar-refractivity contribution is -0.113. The molecule has 178 valence electrons. The van der Waals surface area contributed by atoms with Gasteiger partial charge in [-0.05, 0) is 54.4 Å². The van der Waals surface area contributed by atoms with Crippen LogP contribution < -0.4 is 10.6 Å². The van der Waals surface area contributed by atoms with Gasteiger partial charge in [-0.15, -0.1) is 10.2 Å². The van der Waals surface area contributed by atoms with Crippen molar-refractivity contribution in [2.75, 3.05) is 11.1 Å². The SMILES string of the molecule is CC(C)[C@@H](NC(=O)c1ccc(Cl)cc1)c1nnc(SCC(=O)Nc2ccc(C(=O)O)cc2)n1C. The zero-order valence-corrected chi connectivity index (χ0v) is 20.4. The van der Waals surface area contributed by atoms with E-state index >= 15 is 0 Å². The molecule has 0 bridgehead atoms. The number of amides is 2. The largest absolute Gasteiger partial charge is 0.478 e. The third kappa shape index (κ3) is 6.36. The molecule has 34 heavy (non-hydrogen) atoms. The first-order valence-electron chi connectivity index (χ1n) is 10.4. The molecule has 0 saturated carbocycles. The van der Waals surface area contributed by atoms with Gasteiger partial charge in [0.05, 0.1) is 17.4 Å². The van der Waals surface area contributed by atoms with Crippen molar-refractivity contribution in [3.05, 3.63) is 70.5 Å². The molecule has 0 aliphatic rings. The Balaban J connectivity index is 1.63. The summed E-state index contributed by atoms with van der Waals surface area (Å²) in [4.78, 5) is 36.0. The summed E-state index contributed by atoms with van der Waals surface area (Å²) in [7, 11) is 1.78. The molecule has 9 nitrogen and oxygen atoms in total. The summed E-state index contributed by atoms with van der Waals surface area (Å²) in [6, 6.07) is 12.1. The van der Waals surface area contributed by atoms with E-state index in [1.165, 1.54) is 36.0 Å². The maximum atomic E-state index is 12.7. The zero-order chi connectivity index (χ0) is 24.8. The van der Waals surface area contributed by atoms with E-state index in [0.717, 1.165) is 0 Å². The minimum absolute atomic E-state index is 0.0362. The molecule has 0 aliphatic carbocycles. The Labute approximate surface area is 205 Å². The minimum atomic E-state index is -1.03. The fourth-order valence-corrected chi connectivity index (χ4v) is 3.95. The molecule has 11 heteroatoms. The van der Waals surface area contributed by atoms with Crippen LogP contribution in [0.5, 0.6) is 0 Å². The van der Waals surface area contributed by atoms with Crippen molar-refractivity contribution in [3.63, 3.8) is 0 Å². The van der Waals surface area contributed by atoms with E-state index in [0.29, 0.717) is 27.3 Å². The maximum absolute atomic E-state index is 12.7. The van der Waals surface area contributed by atoms with E-state index in [-0.39, 0.29) is 29.0 Å². The van der Waals surface area contributed by atoms with Gasteiger partial charge in [-0.25, -0.2) is 4.79 Å². The zero-order valence-electron chi connectivity index (χ0n) is 18.8. The van der Waals surface area contributed by atoms with Gasteiger partial charge in [-0.3, -0.25) is 9.59 Å². The van der Waals surface area contributed by atoms with Crippen LogP contribution in [0.4, 0.5) is 5.69 Å². The molecule has 1 heterocycles. The van der Waals surface area contributed by atoms with Crippen LogP contribution in [-0.4, -0.2) is 43.4 Å². The normalized spacial score (nSPS) is 11.8. The topological polar surface area (TPSA) is 126 Å². The number of hydrogen-bond acceptors (Lipinski definition) is 6. The predicted molar refractivity (Wildman–Crippen MR) is 130 cm³/mol. The van der Waals surface area contributed by atoms with Crippen LogP contribution >= 0.6 is 23.4 Å². The quantitative estimate of drug-likeness (QED) is 0.378. The molecule has 2 amide bonds. The van der Waals surface area contributed by atoms with Crippen LogP contribution in [0.25, 0.3) is 0 Å². The van der Waals surface area contributed by atoms with Gasteiger partial charge in [0.15, 0.2) is 11.0 Å². The van der Waals surface area contributed by atoms with Crippen molar-refractivity contribution in [2.45, 2.75) is 25.0 Å². The third-order valence-corrected chi connectivity index (χ3v) is 6.23. The average molecular weight is 502 g/mol. The molecule has 0 fully saturated rings. The highest BCUT2D eigenvalue weighted by Crippen LogP contribution is 2.25. The first kappa shape index (κ1) is 25.3. The molecule has 0 aliphatic heterocycles. The number of carbonyl (C=O) groups excluding carboxylic acids is 2. The number of carbonyl (C=O) groups is 3. The van der Waals surface area contributed by atoms with Crippen LogP contribution in [0.2, 0.25) is 5.02 Å². The summed E-state index contributed by atoms with van der Waals surface area (Å²) >= 11 is 7.11. The van der Waals surface area contributed by atoms with Gasteiger partial charge in [0.1, 0.15) is 0 Å². The summed E-state index contributed by atoms with van der Waals surface area (Å²) in [6.07, 6.45) is 0. The Hall–Kier alpha value is -3.37. The number of hydrogen-bond donors (Lipinski definition) is 3. The predicted octanol–water partition coefficient (Wildman–Crippen LogP) is 4.02. The molecule has 1 atom stereocenters. The Bertz CT molecular complexity index is 1180. The number of carboxylic acids is 1. The second-order valence-corrected chi connectivity index (χ2v) is 9.20. The Morgan fingerprint density at radius 1 is 1.03 bits per heavy atom. The standard InChI is InChI=1S/C23H24ClN5O4S/c1-13(2)19(26-21(31)14-4-8-16(24)9-5-14)20-27-28-23(29(20)3)34-12-18(30)25-17-10-6-15(7-11-17)22(32)33/h4-11,13,19H,12H2,1-3H3,(H,25,30)(H,26,31)(H,32,33)/t19-/m1/s1. The molecule has 1 aromatic heterocycles. The number of carboxylic acid groups (broad SMARTS) is 1. The maximum Gasteiger partial charge on any atom is 0.335 e. The number of anilines is 1. The molecular weight excluding hydrogens is 478 g/mol. The molecule has 0 radical (unpaired) electrons. The van der Waals surface area contributed by atoms with Gasteiger partial charge in [0.25, 0.3) is 5.91 Å². The van der Waals surface area contributed by atoms with Gasteiger partial charge in [0.2, 0.25) is 5.91 Å². The second-order valence-electron chi connectivity index (χ2n) is 7.82. The van der Waals surface area contributed by atoms with Crippen LogP contribution in [0.15, 0.2) is 53.7 Å². The van der Waals surface area contributed by atoms with Crippen molar-refractivity contribution in [3.8, 4) is 0 Å².